The number of amides is 1. The topological polar surface area (TPSA) is 45.7 Å². The van der Waals surface area contributed by atoms with Gasteiger partial charge in [-0.2, -0.15) is 0 Å². The van der Waals surface area contributed by atoms with Gasteiger partial charge in [0.05, 0.1) is 6.54 Å². The molecule has 1 aromatic rings. The van der Waals surface area contributed by atoms with Crippen LogP contribution in [0.4, 0.5) is 5.82 Å². The first-order valence-electron chi connectivity index (χ1n) is 7.92. The quantitative estimate of drug-likeness (QED) is 0.855. The Morgan fingerprint density at radius 3 is 3.05 bits per heavy atom. The minimum atomic E-state index is 0.0499. The molecule has 1 aliphatic carbocycles. The van der Waals surface area contributed by atoms with Crippen molar-refractivity contribution >= 4 is 11.7 Å². The van der Waals surface area contributed by atoms with Crippen LogP contribution in [0.25, 0.3) is 0 Å². The molecule has 0 unspecified atom stereocenters. The molecule has 0 aromatic carbocycles. The number of likely N-dealkylation sites (tertiary alicyclic amines) is 1. The van der Waals surface area contributed by atoms with Crippen molar-refractivity contribution in [3.05, 3.63) is 30.0 Å². The molecule has 1 amide bonds. The number of hydrogen-bond acceptors (Lipinski definition) is 4. The third-order valence-electron chi connectivity index (χ3n) is 4.22. The van der Waals surface area contributed by atoms with E-state index in [2.05, 4.69) is 11.1 Å². The van der Waals surface area contributed by atoms with Gasteiger partial charge in [0.15, 0.2) is 11.6 Å². The van der Waals surface area contributed by atoms with E-state index in [1.165, 1.54) is 0 Å². The monoisotopic (exact) mass is 301 g/mol. The molecule has 118 valence electrons. The lowest BCUT2D eigenvalue weighted by atomic mass is 10.2. The highest BCUT2D eigenvalue weighted by molar-refractivity contribution is 5.94. The van der Waals surface area contributed by atoms with Crippen molar-refractivity contribution in [2.24, 2.45) is 0 Å². The van der Waals surface area contributed by atoms with Crippen molar-refractivity contribution in [1.82, 2.24) is 9.88 Å². The second-order valence-corrected chi connectivity index (χ2v) is 6.12. The molecule has 1 aliphatic heterocycles. The molecule has 1 saturated heterocycles. The fourth-order valence-electron chi connectivity index (χ4n) is 3.07. The number of nitrogens with zero attached hydrogens (tertiary/aromatic N) is 3. The summed E-state index contributed by atoms with van der Waals surface area (Å²) in [5.41, 5.74) is 0.982. The fourth-order valence-corrected chi connectivity index (χ4v) is 3.07. The molecule has 2 heterocycles. The molecule has 0 spiro atoms. The zero-order valence-electron chi connectivity index (χ0n) is 13.3. The van der Waals surface area contributed by atoms with Crippen LogP contribution in [0.3, 0.4) is 0 Å². The summed E-state index contributed by atoms with van der Waals surface area (Å²) in [7, 11) is 3.90. The van der Waals surface area contributed by atoms with Gasteiger partial charge < -0.3 is 14.5 Å². The molecule has 22 heavy (non-hydrogen) atoms. The van der Waals surface area contributed by atoms with Gasteiger partial charge >= 0.3 is 0 Å². The molecule has 5 heteroatoms. The van der Waals surface area contributed by atoms with Crippen LogP contribution in [0.2, 0.25) is 0 Å². The third kappa shape index (κ3) is 3.08. The van der Waals surface area contributed by atoms with Crippen molar-refractivity contribution < 1.29 is 9.53 Å². The lowest BCUT2D eigenvalue weighted by Crippen LogP contribution is -2.31. The van der Waals surface area contributed by atoms with Crippen molar-refractivity contribution in [2.75, 3.05) is 32.1 Å². The first-order valence-corrected chi connectivity index (χ1v) is 7.92. The summed E-state index contributed by atoms with van der Waals surface area (Å²) in [5, 5.41) is 0. The minimum absolute atomic E-state index is 0.0499. The molecule has 2 aliphatic rings. The summed E-state index contributed by atoms with van der Waals surface area (Å²) in [4.78, 5) is 20.6. The second kappa shape index (κ2) is 6.38. The van der Waals surface area contributed by atoms with Crippen molar-refractivity contribution in [2.45, 2.75) is 31.8 Å². The summed E-state index contributed by atoms with van der Waals surface area (Å²) in [6.45, 7) is 1.44. The molecule has 1 fully saturated rings. The van der Waals surface area contributed by atoms with Crippen LogP contribution in [0.5, 0.6) is 5.75 Å². The average molecular weight is 301 g/mol. The van der Waals surface area contributed by atoms with E-state index in [0.717, 1.165) is 49.4 Å². The van der Waals surface area contributed by atoms with Crippen LogP contribution >= 0.6 is 0 Å². The second-order valence-electron chi connectivity index (χ2n) is 6.12. The number of aromatic nitrogens is 1. The Labute approximate surface area is 131 Å². The van der Waals surface area contributed by atoms with Crippen LogP contribution < -0.4 is 9.64 Å². The molecule has 0 radical (unpaired) electrons. The number of ether oxygens (including phenoxy) is 1. The Bertz CT molecular complexity index is 583. The summed E-state index contributed by atoms with van der Waals surface area (Å²) in [6, 6.07) is 3.82. The molecule has 3 rings (SSSR count). The number of allylic oxidation sites excluding steroid dienone is 1. The van der Waals surface area contributed by atoms with Crippen molar-refractivity contribution in [1.29, 1.82) is 0 Å². The minimum Gasteiger partial charge on any atom is -0.485 e. The normalized spacial score (nSPS) is 20.9. The summed E-state index contributed by atoms with van der Waals surface area (Å²) < 4.78 is 6.09. The van der Waals surface area contributed by atoms with E-state index in [0.29, 0.717) is 6.54 Å². The molecule has 0 N–H and O–H groups in total. The lowest BCUT2D eigenvalue weighted by Gasteiger charge is -2.20. The summed E-state index contributed by atoms with van der Waals surface area (Å²) in [5.74, 6) is 1.81. The SMILES string of the molecule is CN(C)c1ncccc1O[C@H]1CCN(C(=O)C2=CCCC2)C1. The zero-order valence-corrected chi connectivity index (χ0v) is 13.3. The van der Waals surface area contributed by atoms with E-state index >= 15 is 0 Å². The van der Waals surface area contributed by atoms with Gasteiger partial charge in [0.2, 0.25) is 5.91 Å². The van der Waals surface area contributed by atoms with E-state index in [-0.39, 0.29) is 12.0 Å². The van der Waals surface area contributed by atoms with Crippen LogP contribution in [-0.4, -0.2) is 49.1 Å². The maximum Gasteiger partial charge on any atom is 0.249 e. The largest absolute Gasteiger partial charge is 0.485 e. The van der Waals surface area contributed by atoms with Crippen molar-refractivity contribution in [3.8, 4) is 5.75 Å². The average Bonchev–Trinajstić information content (AvgIpc) is 3.18. The standard InChI is InChI=1S/C17H23N3O2/c1-19(2)16-15(8-5-10-18-16)22-14-9-11-20(12-14)17(21)13-6-3-4-7-13/h5-6,8,10,14H,3-4,7,9,11-12H2,1-2H3/t14-/m0/s1. The van der Waals surface area contributed by atoms with Crippen LogP contribution in [-0.2, 0) is 4.79 Å². The maximum atomic E-state index is 12.4. The highest BCUT2D eigenvalue weighted by Gasteiger charge is 2.30. The van der Waals surface area contributed by atoms with Gasteiger partial charge in [0.25, 0.3) is 0 Å². The van der Waals surface area contributed by atoms with Crippen LogP contribution in [0, 0.1) is 0 Å². The highest BCUT2D eigenvalue weighted by Crippen LogP contribution is 2.28. The Morgan fingerprint density at radius 2 is 2.32 bits per heavy atom. The van der Waals surface area contributed by atoms with Crippen LogP contribution in [0.1, 0.15) is 25.7 Å². The Morgan fingerprint density at radius 1 is 1.45 bits per heavy atom. The number of hydrogen-bond donors (Lipinski definition) is 0. The van der Waals surface area contributed by atoms with Gasteiger partial charge in [0.1, 0.15) is 6.10 Å². The third-order valence-corrected chi connectivity index (χ3v) is 4.22. The van der Waals surface area contributed by atoms with Gasteiger partial charge in [-0.15, -0.1) is 0 Å². The fraction of sp³-hybridized carbons (Fsp3) is 0.529. The van der Waals surface area contributed by atoms with E-state index < -0.39 is 0 Å². The lowest BCUT2D eigenvalue weighted by molar-refractivity contribution is -0.126. The van der Waals surface area contributed by atoms with Gasteiger partial charge in [-0.25, -0.2) is 4.98 Å². The maximum absolute atomic E-state index is 12.4. The molecule has 1 atom stereocenters. The molecule has 0 saturated carbocycles. The predicted octanol–water partition coefficient (Wildman–Crippen LogP) is 2.24. The van der Waals surface area contributed by atoms with E-state index in [4.69, 9.17) is 4.74 Å². The van der Waals surface area contributed by atoms with E-state index in [9.17, 15) is 4.79 Å². The number of carbonyl (C=O) groups is 1. The molecular weight excluding hydrogens is 278 g/mol. The number of pyridine rings is 1. The highest BCUT2D eigenvalue weighted by atomic mass is 16.5. The molecule has 1 aromatic heterocycles. The number of carbonyl (C=O) groups excluding carboxylic acids is 1. The van der Waals surface area contributed by atoms with Crippen LogP contribution in [0.15, 0.2) is 30.0 Å². The number of rotatable bonds is 4. The molecule has 0 bridgehead atoms. The summed E-state index contributed by atoms with van der Waals surface area (Å²) >= 11 is 0. The van der Waals surface area contributed by atoms with E-state index in [1.807, 2.05) is 36.0 Å². The van der Waals surface area contributed by atoms with E-state index in [1.54, 1.807) is 6.20 Å². The number of anilines is 1. The molecule has 5 nitrogen and oxygen atoms in total. The molecular formula is C17H23N3O2. The Hall–Kier alpha value is -2.04. The van der Waals surface area contributed by atoms with Gasteiger partial charge in [0, 0.05) is 38.8 Å². The smallest absolute Gasteiger partial charge is 0.249 e. The van der Waals surface area contributed by atoms with Crippen molar-refractivity contribution in [3.63, 3.8) is 0 Å². The van der Waals surface area contributed by atoms with Gasteiger partial charge in [-0.05, 0) is 31.4 Å². The predicted molar refractivity (Wildman–Crippen MR) is 86.1 cm³/mol. The van der Waals surface area contributed by atoms with Gasteiger partial charge in [-0.1, -0.05) is 6.08 Å². The Balaban J connectivity index is 1.63. The zero-order chi connectivity index (χ0) is 15.5. The van der Waals surface area contributed by atoms with Gasteiger partial charge in [-0.3, -0.25) is 4.79 Å². The summed E-state index contributed by atoms with van der Waals surface area (Å²) in [6.07, 6.45) is 7.84. The first-order chi connectivity index (χ1) is 10.6. The first kappa shape index (κ1) is 14.9. The Kier molecular flexibility index (Phi) is 4.32.